The van der Waals surface area contributed by atoms with Crippen molar-refractivity contribution < 1.29 is 9.59 Å². The van der Waals surface area contributed by atoms with Gasteiger partial charge >= 0.3 is 0 Å². The summed E-state index contributed by atoms with van der Waals surface area (Å²) in [4.78, 5) is 31.0. The van der Waals surface area contributed by atoms with Crippen LogP contribution in [0.4, 0.5) is 10.8 Å². The van der Waals surface area contributed by atoms with Crippen LogP contribution in [0.15, 0.2) is 41.1 Å². The first-order valence-corrected chi connectivity index (χ1v) is 10.7. The number of fused-ring (bicyclic) bond motifs is 1. The SMILES string of the molecule is O=C(Nc1ccccc1C(=O)Nc1nc2c(s1)CCCCC2)c1ccsc1. The highest BCUT2D eigenvalue weighted by Crippen LogP contribution is 2.29. The molecule has 0 aliphatic heterocycles. The number of anilines is 2. The lowest BCUT2D eigenvalue weighted by Gasteiger charge is -2.10. The number of carbonyl (C=O) groups is 2. The Morgan fingerprint density at radius 2 is 1.81 bits per heavy atom. The summed E-state index contributed by atoms with van der Waals surface area (Å²) in [5, 5.41) is 9.99. The second-order valence-corrected chi connectivity index (χ2v) is 8.28. The third kappa shape index (κ3) is 4.09. The topological polar surface area (TPSA) is 71.1 Å². The summed E-state index contributed by atoms with van der Waals surface area (Å²) < 4.78 is 0. The summed E-state index contributed by atoms with van der Waals surface area (Å²) in [6.07, 6.45) is 5.59. The van der Waals surface area contributed by atoms with Crippen molar-refractivity contribution in [3.05, 3.63) is 62.8 Å². The van der Waals surface area contributed by atoms with Crippen LogP contribution in [-0.4, -0.2) is 16.8 Å². The minimum absolute atomic E-state index is 0.225. The van der Waals surface area contributed by atoms with Crippen LogP contribution in [-0.2, 0) is 12.8 Å². The van der Waals surface area contributed by atoms with Crippen LogP contribution in [0, 0.1) is 0 Å². The number of aryl methyl sites for hydroxylation is 2. The minimum Gasteiger partial charge on any atom is -0.321 e. The minimum atomic E-state index is -0.264. The normalized spacial score (nSPS) is 13.5. The monoisotopic (exact) mass is 397 g/mol. The first-order chi connectivity index (χ1) is 13.2. The molecule has 0 bridgehead atoms. The molecule has 0 unspecified atom stereocenters. The van der Waals surface area contributed by atoms with Crippen molar-refractivity contribution in [2.75, 3.05) is 10.6 Å². The fraction of sp³-hybridized carbons (Fsp3) is 0.250. The predicted molar refractivity (Wildman–Crippen MR) is 110 cm³/mol. The van der Waals surface area contributed by atoms with Gasteiger partial charge in [-0.15, -0.1) is 11.3 Å². The van der Waals surface area contributed by atoms with E-state index in [0.717, 1.165) is 25.0 Å². The molecule has 0 fully saturated rings. The van der Waals surface area contributed by atoms with Crippen LogP contribution in [0.25, 0.3) is 0 Å². The standard InChI is InChI=1S/C20H19N3O2S2/c24-18(13-10-11-26-12-13)21-15-7-5-4-6-14(15)19(25)23-20-22-16-8-2-1-3-9-17(16)27-20/h4-7,10-12H,1-3,8-9H2,(H,21,24)(H,22,23,25). The van der Waals surface area contributed by atoms with Gasteiger partial charge in [0.2, 0.25) is 0 Å². The summed E-state index contributed by atoms with van der Waals surface area (Å²) in [5.74, 6) is -0.488. The zero-order valence-corrected chi connectivity index (χ0v) is 16.3. The Morgan fingerprint density at radius 1 is 0.963 bits per heavy atom. The molecular weight excluding hydrogens is 378 g/mol. The molecule has 2 N–H and O–H groups in total. The van der Waals surface area contributed by atoms with E-state index >= 15 is 0 Å². The number of hydrogen-bond acceptors (Lipinski definition) is 5. The second-order valence-electron chi connectivity index (χ2n) is 6.42. The van der Waals surface area contributed by atoms with Crippen molar-refractivity contribution >= 4 is 45.3 Å². The highest BCUT2D eigenvalue weighted by Gasteiger charge is 2.18. The predicted octanol–water partition coefficient (Wildman–Crippen LogP) is 4.98. The first-order valence-electron chi connectivity index (χ1n) is 8.93. The highest BCUT2D eigenvalue weighted by molar-refractivity contribution is 7.15. The van der Waals surface area contributed by atoms with Crippen LogP contribution < -0.4 is 10.6 Å². The smallest absolute Gasteiger partial charge is 0.259 e. The Hall–Kier alpha value is -2.51. The van der Waals surface area contributed by atoms with Gasteiger partial charge in [-0.25, -0.2) is 4.98 Å². The number of thiazole rings is 1. The molecule has 0 spiro atoms. The van der Waals surface area contributed by atoms with Crippen molar-refractivity contribution in [2.45, 2.75) is 32.1 Å². The van der Waals surface area contributed by atoms with E-state index in [0.29, 0.717) is 21.9 Å². The zero-order chi connectivity index (χ0) is 18.6. The van der Waals surface area contributed by atoms with Gasteiger partial charge in [-0.3, -0.25) is 14.9 Å². The second kappa shape index (κ2) is 8.02. The molecule has 2 heterocycles. The lowest BCUT2D eigenvalue weighted by molar-refractivity contribution is 0.102. The quantitative estimate of drug-likeness (QED) is 0.610. The number of nitrogens with one attached hydrogen (secondary N) is 2. The van der Waals surface area contributed by atoms with Crippen LogP contribution in [0.3, 0.4) is 0 Å². The zero-order valence-electron chi connectivity index (χ0n) is 14.7. The molecule has 3 aromatic rings. The number of aromatic nitrogens is 1. The van der Waals surface area contributed by atoms with E-state index in [4.69, 9.17) is 0 Å². The van der Waals surface area contributed by atoms with E-state index in [1.807, 2.05) is 5.38 Å². The number of carbonyl (C=O) groups excluding carboxylic acids is 2. The van der Waals surface area contributed by atoms with Gasteiger partial charge < -0.3 is 5.32 Å². The Morgan fingerprint density at radius 3 is 2.67 bits per heavy atom. The molecular formula is C20H19N3O2S2. The molecule has 0 radical (unpaired) electrons. The maximum absolute atomic E-state index is 12.8. The Kier molecular flexibility index (Phi) is 5.31. The van der Waals surface area contributed by atoms with Gasteiger partial charge in [0.25, 0.3) is 11.8 Å². The number of amides is 2. The van der Waals surface area contributed by atoms with Gasteiger partial charge in [-0.1, -0.05) is 18.6 Å². The lowest BCUT2D eigenvalue weighted by atomic mass is 10.1. The van der Waals surface area contributed by atoms with Crippen LogP contribution in [0.1, 0.15) is 50.5 Å². The molecule has 7 heteroatoms. The average molecular weight is 398 g/mol. The van der Waals surface area contributed by atoms with Crippen molar-refractivity contribution in [3.63, 3.8) is 0 Å². The van der Waals surface area contributed by atoms with Gasteiger partial charge in [-0.05, 0) is 49.3 Å². The third-order valence-corrected chi connectivity index (χ3v) is 6.28. The molecule has 0 atom stereocenters. The molecule has 2 amide bonds. The Labute approximate surface area is 165 Å². The van der Waals surface area contributed by atoms with Gasteiger partial charge in [0.15, 0.2) is 5.13 Å². The molecule has 1 aliphatic carbocycles. The number of benzene rings is 1. The van der Waals surface area contributed by atoms with Crippen molar-refractivity contribution in [3.8, 4) is 0 Å². The van der Waals surface area contributed by atoms with E-state index in [-0.39, 0.29) is 11.8 Å². The molecule has 4 rings (SSSR count). The molecule has 5 nitrogen and oxygen atoms in total. The molecule has 2 aromatic heterocycles. The number of nitrogens with zero attached hydrogens (tertiary/aromatic N) is 1. The van der Waals surface area contributed by atoms with Gasteiger partial charge in [0.1, 0.15) is 0 Å². The van der Waals surface area contributed by atoms with Crippen LogP contribution in [0.2, 0.25) is 0 Å². The molecule has 138 valence electrons. The van der Waals surface area contributed by atoms with Crippen molar-refractivity contribution in [2.24, 2.45) is 0 Å². The lowest BCUT2D eigenvalue weighted by Crippen LogP contribution is -2.17. The van der Waals surface area contributed by atoms with Crippen molar-refractivity contribution in [1.82, 2.24) is 4.98 Å². The third-order valence-electron chi connectivity index (χ3n) is 4.52. The summed E-state index contributed by atoms with van der Waals surface area (Å²) in [6.45, 7) is 0. The number of para-hydroxylation sites is 1. The molecule has 27 heavy (non-hydrogen) atoms. The molecule has 0 saturated carbocycles. The number of rotatable bonds is 4. The van der Waals surface area contributed by atoms with E-state index in [9.17, 15) is 9.59 Å². The molecule has 1 aliphatic rings. The van der Waals surface area contributed by atoms with Crippen molar-refractivity contribution in [1.29, 1.82) is 0 Å². The highest BCUT2D eigenvalue weighted by atomic mass is 32.1. The van der Waals surface area contributed by atoms with E-state index in [1.165, 1.54) is 29.1 Å². The van der Waals surface area contributed by atoms with E-state index in [2.05, 4.69) is 15.6 Å². The maximum Gasteiger partial charge on any atom is 0.259 e. The summed E-state index contributed by atoms with van der Waals surface area (Å²) in [6, 6.07) is 8.77. The average Bonchev–Trinajstić information content (AvgIpc) is 3.28. The Balaban J connectivity index is 1.51. The number of hydrogen-bond donors (Lipinski definition) is 2. The van der Waals surface area contributed by atoms with E-state index in [1.54, 1.807) is 47.0 Å². The summed E-state index contributed by atoms with van der Waals surface area (Å²) in [7, 11) is 0. The van der Waals surface area contributed by atoms with Crippen LogP contribution in [0.5, 0.6) is 0 Å². The molecule has 1 aromatic carbocycles. The van der Waals surface area contributed by atoms with Gasteiger partial charge in [-0.2, -0.15) is 11.3 Å². The fourth-order valence-corrected chi connectivity index (χ4v) is 4.81. The molecule has 0 saturated heterocycles. The fourth-order valence-electron chi connectivity index (χ4n) is 3.12. The summed E-state index contributed by atoms with van der Waals surface area (Å²) in [5.41, 5.74) is 2.61. The van der Waals surface area contributed by atoms with E-state index < -0.39 is 0 Å². The number of thiophene rings is 1. The van der Waals surface area contributed by atoms with Gasteiger partial charge in [0.05, 0.1) is 22.5 Å². The largest absolute Gasteiger partial charge is 0.321 e. The summed E-state index contributed by atoms with van der Waals surface area (Å²) >= 11 is 3.02. The maximum atomic E-state index is 12.8. The first kappa shape index (κ1) is 17.9. The van der Waals surface area contributed by atoms with Gasteiger partial charge in [0, 0.05) is 10.3 Å². The Bertz CT molecular complexity index is 940. The van der Waals surface area contributed by atoms with Crippen LogP contribution >= 0.6 is 22.7 Å².